The highest BCUT2D eigenvalue weighted by Gasteiger charge is 2.35. The standard InChI is InChI=1S/C13H17F3N6/c1-21-10(6-18-20-21)5-17-4-9-2-3-12-19-11(13(14,15)16)8-22(12)7-9/h6,8-9,17H,2-5,7H2,1H3/t9-/m0/s1. The lowest BCUT2D eigenvalue weighted by atomic mass is 9.99. The molecular formula is C13H17F3N6. The van der Waals surface area contributed by atoms with Gasteiger partial charge in [-0.25, -0.2) is 4.98 Å². The zero-order valence-corrected chi connectivity index (χ0v) is 12.1. The third kappa shape index (κ3) is 3.13. The molecule has 0 aromatic carbocycles. The highest BCUT2D eigenvalue weighted by Crippen LogP contribution is 2.30. The average molecular weight is 314 g/mol. The Labute approximate surface area is 125 Å². The van der Waals surface area contributed by atoms with Gasteiger partial charge in [0.2, 0.25) is 0 Å². The molecule has 0 radical (unpaired) electrons. The summed E-state index contributed by atoms with van der Waals surface area (Å²) < 4.78 is 41.3. The minimum atomic E-state index is -4.37. The van der Waals surface area contributed by atoms with E-state index in [2.05, 4.69) is 20.6 Å². The topological polar surface area (TPSA) is 60.6 Å². The van der Waals surface area contributed by atoms with Gasteiger partial charge >= 0.3 is 6.18 Å². The van der Waals surface area contributed by atoms with E-state index in [1.54, 1.807) is 15.4 Å². The normalized spacial score (nSPS) is 18.5. The number of hydrogen-bond acceptors (Lipinski definition) is 4. The molecule has 0 saturated carbocycles. The molecule has 0 saturated heterocycles. The van der Waals surface area contributed by atoms with Gasteiger partial charge in [-0.2, -0.15) is 13.2 Å². The second-order valence-corrected chi connectivity index (χ2v) is 5.58. The van der Waals surface area contributed by atoms with Crippen LogP contribution < -0.4 is 5.32 Å². The molecule has 0 aliphatic carbocycles. The smallest absolute Gasteiger partial charge is 0.334 e. The van der Waals surface area contributed by atoms with Crippen LogP contribution in [0.3, 0.4) is 0 Å². The van der Waals surface area contributed by atoms with Crippen LogP contribution in [-0.4, -0.2) is 31.1 Å². The van der Waals surface area contributed by atoms with E-state index in [1.165, 1.54) is 0 Å². The maximum Gasteiger partial charge on any atom is 0.434 e. The van der Waals surface area contributed by atoms with Gasteiger partial charge in [-0.3, -0.25) is 4.68 Å². The molecule has 1 aliphatic heterocycles. The summed E-state index contributed by atoms with van der Waals surface area (Å²) >= 11 is 0. The average Bonchev–Trinajstić information content (AvgIpc) is 3.04. The summed E-state index contributed by atoms with van der Waals surface area (Å²) in [5.74, 6) is 0.823. The van der Waals surface area contributed by atoms with Gasteiger partial charge in [-0.15, -0.1) is 5.10 Å². The second-order valence-electron chi connectivity index (χ2n) is 5.58. The molecule has 2 aromatic heterocycles. The molecule has 3 heterocycles. The van der Waals surface area contributed by atoms with Gasteiger partial charge in [0.25, 0.3) is 0 Å². The molecule has 0 amide bonds. The van der Waals surface area contributed by atoms with Crippen molar-refractivity contribution in [3.8, 4) is 0 Å². The lowest BCUT2D eigenvalue weighted by Gasteiger charge is -2.23. The number of alkyl halides is 3. The summed E-state index contributed by atoms with van der Waals surface area (Å²) in [5.41, 5.74) is 0.176. The van der Waals surface area contributed by atoms with Gasteiger partial charge in [0, 0.05) is 39.3 Å². The van der Waals surface area contributed by atoms with Crippen LogP contribution in [0.5, 0.6) is 0 Å². The maximum atomic E-state index is 12.7. The minimum absolute atomic E-state index is 0.295. The molecule has 1 aliphatic rings. The molecular weight excluding hydrogens is 297 g/mol. The fraction of sp³-hybridized carbons (Fsp3) is 0.615. The van der Waals surface area contributed by atoms with Gasteiger partial charge < -0.3 is 9.88 Å². The Bertz CT molecular complexity index is 644. The predicted molar refractivity (Wildman–Crippen MR) is 71.7 cm³/mol. The van der Waals surface area contributed by atoms with Crippen molar-refractivity contribution in [2.24, 2.45) is 13.0 Å². The molecule has 0 unspecified atom stereocenters. The summed E-state index contributed by atoms with van der Waals surface area (Å²) in [5, 5.41) is 11.0. The number of nitrogens with zero attached hydrogens (tertiary/aromatic N) is 5. The number of halogens is 3. The van der Waals surface area contributed by atoms with E-state index in [0.717, 1.165) is 24.9 Å². The summed E-state index contributed by atoms with van der Waals surface area (Å²) in [7, 11) is 1.82. The molecule has 120 valence electrons. The van der Waals surface area contributed by atoms with Gasteiger partial charge in [-0.05, 0) is 12.3 Å². The summed E-state index contributed by atoms with van der Waals surface area (Å²) in [4.78, 5) is 3.69. The first-order valence-corrected chi connectivity index (χ1v) is 7.11. The number of fused-ring (bicyclic) bond motifs is 1. The third-order valence-corrected chi connectivity index (χ3v) is 3.93. The molecule has 3 rings (SSSR count). The monoisotopic (exact) mass is 314 g/mol. The van der Waals surface area contributed by atoms with Crippen molar-refractivity contribution in [3.05, 3.63) is 29.6 Å². The van der Waals surface area contributed by atoms with Crippen LogP contribution in [0.4, 0.5) is 13.2 Å². The van der Waals surface area contributed by atoms with E-state index in [-0.39, 0.29) is 0 Å². The van der Waals surface area contributed by atoms with E-state index in [9.17, 15) is 13.2 Å². The molecule has 0 bridgehead atoms. The van der Waals surface area contributed by atoms with Crippen molar-refractivity contribution in [2.75, 3.05) is 6.54 Å². The zero-order chi connectivity index (χ0) is 15.7. The number of hydrogen-bond donors (Lipinski definition) is 1. The van der Waals surface area contributed by atoms with E-state index in [1.807, 2.05) is 7.05 Å². The number of imidazole rings is 1. The van der Waals surface area contributed by atoms with Crippen molar-refractivity contribution in [2.45, 2.75) is 32.1 Å². The van der Waals surface area contributed by atoms with Crippen molar-refractivity contribution in [3.63, 3.8) is 0 Å². The van der Waals surface area contributed by atoms with Crippen LogP contribution in [0.2, 0.25) is 0 Å². The van der Waals surface area contributed by atoms with Gasteiger partial charge in [-0.1, -0.05) is 5.21 Å². The van der Waals surface area contributed by atoms with Crippen molar-refractivity contribution in [1.29, 1.82) is 0 Å². The molecule has 22 heavy (non-hydrogen) atoms. The molecule has 0 spiro atoms. The second kappa shape index (κ2) is 5.71. The quantitative estimate of drug-likeness (QED) is 0.926. The van der Waals surface area contributed by atoms with Crippen LogP contribution in [-0.2, 0) is 32.7 Å². The van der Waals surface area contributed by atoms with E-state index in [0.29, 0.717) is 31.3 Å². The van der Waals surface area contributed by atoms with E-state index in [4.69, 9.17) is 0 Å². The van der Waals surface area contributed by atoms with Crippen LogP contribution in [0, 0.1) is 5.92 Å². The van der Waals surface area contributed by atoms with Crippen LogP contribution in [0.15, 0.2) is 12.4 Å². The van der Waals surface area contributed by atoms with Crippen molar-refractivity contribution in [1.82, 2.24) is 29.9 Å². The summed E-state index contributed by atoms with van der Waals surface area (Å²) in [6, 6.07) is 0. The lowest BCUT2D eigenvalue weighted by molar-refractivity contribution is -0.141. The van der Waals surface area contributed by atoms with Gasteiger partial charge in [0.05, 0.1) is 11.9 Å². The first kappa shape index (κ1) is 15.0. The minimum Gasteiger partial charge on any atom is -0.334 e. The number of rotatable bonds is 4. The largest absolute Gasteiger partial charge is 0.434 e. The molecule has 9 heteroatoms. The highest BCUT2D eigenvalue weighted by molar-refractivity contribution is 5.10. The maximum absolute atomic E-state index is 12.7. The fourth-order valence-electron chi connectivity index (χ4n) is 2.69. The first-order chi connectivity index (χ1) is 10.4. The SMILES string of the molecule is Cn1nncc1CNC[C@@H]1CCc2nc(C(F)(F)F)cn2C1. The van der Waals surface area contributed by atoms with E-state index < -0.39 is 11.9 Å². The Morgan fingerprint density at radius 3 is 2.91 bits per heavy atom. The molecule has 0 fully saturated rings. The summed E-state index contributed by atoms with van der Waals surface area (Å²) in [6.45, 7) is 1.95. The molecule has 1 atom stereocenters. The highest BCUT2D eigenvalue weighted by atomic mass is 19.4. The Kier molecular flexibility index (Phi) is 3.90. The lowest BCUT2D eigenvalue weighted by Crippen LogP contribution is -2.30. The van der Waals surface area contributed by atoms with Crippen molar-refractivity contribution >= 4 is 0 Å². The Morgan fingerprint density at radius 2 is 2.23 bits per heavy atom. The number of aryl methyl sites for hydroxylation is 2. The fourth-order valence-corrected chi connectivity index (χ4v) is 2.69. The van der Waals surface area contributed by atoms with Crippen LogP contribution in [0.25, 0.3) is 0 Å². The molecule has 1 N–H and O–H groups in total. The molecule has 2 aromatic rings. The first-order valence-electron chi connectivity index (χ1n) is 7.11. The number of aromatic nitrogens is 5. The Hall–Kier alpha value is -1.90. The van der Waals surface area contributed by atoms with Crippen LogP contribution in [0.1, 0.15) is 23.6 Å². The van der Waals surface area contributed by atoms with Crippen molar-refractivity contribution < 1.29 is 13.2 Å². The van der Waals surface area contributed by atoms with E-state index >= 15 is 0 Å². The van der Waals surface area contributed by atoms with Gasteiger partial charge in [0.1, 0.15) is 5.82 Å². The summed E-state index contributed by atoms with van der Waals surface area (Å²) in [6.07, 6.45) is -0.144. The molecule has 6 nitrogen and oxygen atoms in total. The third-order valence-electron chi connectivity index (χ3n) is 3.93. The Balaban J connectivity index is 1.55. The van der Waals surface area contributed by atoms with Crippen LogP contribution >= 0.6 is 0 Å². The zero-order valence-electron chi connectivity index (χ0n) is 12.1. The Morgan fingerprint density at radius 1 is 1.41 bits per heavy atom. The van der Waals surface area contributed by atoms with Gasteiger partial charge in [0.15, 0.2) is 5.69 Å². The number of nitrogens with one attached hydrogen (secondary N) is 1. The predicted octanol–water partition coefficient (Wildman–Crippen LogP) is 1.38.